The Hall–Kier alpha value is -2.35. The van der Waals surface area contributed by atoms with E-state index in [0.717, 1.165) is 17.7 Å². The maximum atomic E-state index is 12.4. The Labute approximate surface area is 137 Å². The summed E-state index contributed by atoms with van der Waals surface area (Å²) in [6, 6.07) is 8.19. The second-order valence-electron chi connectivity index (χ2n) is 6.13. The van der Waals surface area contributed by atoms with E-state index in [2.05, 4.69) is 5.32 Å². The van der Waals surface area contributed by atoms with Crippen LogP contribution in [0.4, 0.5) is 0 Å². The van der Waals surface area contributed by atoms with Gasteiger partial charge in [0.25, 0.3) is 11.8 Å². The smallest absolute Gasteiger partial charge is 0.257 e. The molecule has 1 N–H and O–H groups in total. The quantitative estimate of drug-likeness (QED) is 0.671. The topological polar surface area (TPSA) is 73.2 Å². The van der Waals surface area contributed by atoms with Crippen LogP contribution in [0.15, 0.2) is 30.3 Å². The first kappa shape index (κ1) is 17.0. The average molecular weight is 313 g/mol. The number of nitrogens with one attached hydrogen (secondary N) is 1. The molecule has 1 aliphatic rings. The van der Waals surface area contributed by atoms with Gasteiger partial charge in [-0.1, -0.05) is 50.3 Å². The highest BCUT2D eigenvalue weighted by atomic mass is 16.2. The highest BCUT2D eigenvalue weighted by Gasteiger charge is 2.28. The summed E-state index contributed by atoms with van der Waals surface area (Å²) in [5, 5.41) is 11.8. The van der Waals surface area contributed by atoms with Gasteiger partial charge >= 0.3 is 0 Å². The molecule has 0 radical (unpaired) electrons. The van der Waals surface area contributed by atoms with Crippen LogP contribution < -0.4 is 5.32 Å². The zero-order chi connectivity index (χ0) is 16.7. The maximum absolute atomic E-state index is 12.4. The third-order valence-corrected chi connectivity index (χ3v) is 4.41. The van der Waals surface area contributed by atoms with Gasteiger partial charge in [0.15, 0.2) is 6.19 Å². The fraction of sp³-hybridized carbons (Fsp3) is 0.500. The van der Waals surface area contributed by atoms with Gasteiger partial charge in [-0.2, -0.15) is 5.26 Å². The molecule has 2 amide bonds. The number of nitrogens with zero attached hydrogens (tertiary/aromatic N) is 2. The fourth-order valence-corrected chi connectivity index (χ4v) is 3.09. The summed E-state index contributed by atoms with van der Waals surface area (Å²) < 4.78 is 0. The Bertz CT molecular complexity index is 574. The van der Waals surface area contributed by atoms with Crippen molar-refractivity contribution in [1.29, 1.82) is 5.26 Å². The molecule has 0 saturated heterocycles. The van der Waals surface area contributed by atoms with Crippen molar-refractivity contribution in [3.05, 3.63) is 35.9 Å². The van der Waals surface area contributed by atoms with E-state index in [4.69, 9.17) is 5.26 Å². The standard InChI is InChI=1S/C18H23N3O2/c1-21(13-19)18(23)16(12-14-8-4-2-5-9-14)20-17(22)15-10-6-3-7-11-15/h3,6-7,10-11,14,16H,2,4-5,8-9,12H2,1H3,(H,20,22)/t16-/m1/s1. The molecule has 1 aromatic rings. The Morgan fingerprint density at radius 3 is 2.52 bits per heavy atom. The Morgan fingerprint density at radius 2 is 1.91 bits per heavy atom. The van der Waals surface area contributed by atoms with Gasteiger partial charge in [-0.05, 0) is 24.5 Å². The van der Waals surface area contributed by atoms with E-state index in [1.54, 1.807) is 24.3 Å². The third kappa shape index (κ3) is 4.82. The minimum Gasteiger partial charge on any atom is -0.340 e. The lowest BCUT2D eigenvalue weighted by Crippen LogP contribution is -2.47. The molecular weight excluding hydrogens is 290 g/mol. The first-order valence-corrected chi connectivity index (χ1v) is 8.15. The van der Waals surface area contributed by atoms with Gasteiger partial charge in [0.1, 0.15) is 6.04 Å². The lowest BCUT2D eigenvalue weighted by Gasteiger charge is -2.27. The number of carbonyl (C=O) groups excluding carboxylic acids is 2. The van der Waals surface area contributed by atoms with E-state index >= 15 is 0 Å². The van der Waals surface area contributed by atoms with Crippen molar-refractivity contribution in [3.63, 3.8) is 0 Å². The second kappa shape index (κ2) is 8.33. The maximum Gasteiger partial charge on any atom is 0.257 e. The Balaban J connectivity index is 2.07. The van der Waals surface area contributed by atoms with Crippen molar-refractivity contribution in [2.75, 3.05) is 7.05 Å². The predicted octanol–water partition coefficient (Wildman–Crippen LogP) is 2.69. The summed E-state index contributed by atoms with van der Waals surface area (Å²) >= 11 is 0. The molecule has 5 heteroatoms. The Kier molecular flexibility index (Phi) is 6.16. The van der Waals surface area contributed by atoms with E-state index in [1.807, 2.05) is 12.3 Å². The zero-order valence-electron chi connectivity index (χ0n) is 13.5. The molecule has 1 saturated carbocycles. The monoisotopic (exact) mass is 313 g/mol. The van der Waals surface area contributed by atoms with Gasteiger partial charge in [0, 0.05) is 12.6 Å². The summed E-state index contributed by atoms with van der Waals surface area (Å²) in [6.07, 6.45) is 8.18. The van der Waals surface area contributed by atoms with E-state index < -0.39 is 6.04 Å². The molecule has 1 aromatic carbocycles. The lowest BCUT2D eigenvalue weighted by atomic mass is 9.84. The number of nitriles is 1. The molecular formula is C18H23N3O2. The molecule has 0 aliphatic heterocycles. The van der Waals surface area contributed by atoms with Crippen LogP contribution in [0.2, 0.25) is 0 Å². The largest absolute Gasteiger partial charge is 0.340 e. The van der Waals surface area contributed by atoms with Gasteiger partial charge in [-0.3, -0.25) is 14.5 Å². The van der Waals surface area contributed by atoms with E-state index in [1.165, 1.54) is 26.3 Å². The van der Waals surface area contributed by atoms with Crippen molar-refractivity contribution in [2.24, 2.45) is 5.92 Å². The van der Waals surface area contributed by atoms with Crippen LogP contribution in [0.3, 0.4) is 0 Å². The third-order valence-electron chi connectivity index (χ3n) is 4.41. The van der Waals surface area contributed by atoms with Crippen molar-refractivity contribution in [1.82, 2.24) is 10.2 Å². The van der Waals surface area contributed by atoms with Crippen LogP contribution in [0, 0.1) is 17.4 Å². The van der Waals surface area contributed by atoms with Crippen LogP contribution in [-0.4, -0.2) is 29.8 Å². The van der Waals surface area contributed by atoms with E-state index in [-0.39, 0.29) is 11.8 Å². The molecule has 0 bridgehead atoms. The van der Waals surface area contributed by atoms with Crippen molar-refractivity contribution in [3.8, 4) is 6.19 Å². The minimum absolute atomic E-state index is 0.272. The molecule has 1 aliphatic carbocycles. The van der Waals surface area contributed by atoms with Crippen LogP contribution in [0.25, 0.3) is 0 Å². The second-order valence-corrected chi connectivity index (χ2v) is 6.13. The number of carbonyl (C=O) groups is 2. The number of benzene rings is 1. The minimum atomic E-state index is -0.643. The predicted molar refractivity (Wildman–Crippen MR) is 87.3 cm³/mol. The summed E-state index contributed by atoms with van der Waals surface area (Å²) in [5.74, 6) is -0.186. The molecule has 1 fully saturated rings. The van der Waals surface area contributed by atoms with E-state index in [9.17, 15) is 9.59 Å². The van der Waals surface area contributed by atoms with Crippen LogP contribution in [0.1, 0.15) is 48.9 Å². The molecule has 122 valence electrons. The van der Waals surface area contributed by atoms with Gasteiger partial charge in [0.2, 0.25) is 0 Å². The van der Waals surface area contributed by atoms with Gasteiger partial charge in [0.05, 0.1) is 0 Å². The number of hydrogen-bond donors (Lipinski definition) is 1. The molecule has 1 atom stereocenters. The zero-order valence-corrected chi connectivity index (χ0v) is 13.5. The molecule has 0 aromatic heterocycles. The summed E-state index contributed by atoms with van der Waals surface area (Å²) in [5.41, 5.74) is 0.522. The van der Waals surface area contributed by atoms with E-state index in [0.29, 0.717) is 17.9 Å². The molecule has 5 nitrogen and oxygen atoms in total. The van der Waals surface area contributed by atoms with Crippen LogP contribution >= 0.6 is 0 Å². The van der Waals surface area contributed by atoms with Crippen LogP contribution in [-0.2, 0) is 4.79 Å². The normalized spacial score (nSPS) is 16.2. The van der Waals surface area contributed by atoms with Crippen LogP contribution in [0.5, 0.6) is 0 Å². The SMILES string of the molecule is CN(C#N)C(=O)[C@@H](CC1CCCCC1)NC(=O)c1ccccc1. The van der Waals surface area contributed by atoms with Crippen molar-refractivity contribution in [2.45, 2.75) is 44.6 Å². The molecule has 0 spiro atoms. The number of hydrogen-bond acceptors (Lipinski definition) is 3. The highest BCUT2D eigenvalue weighted by molar-refractivity contribution is 5.97. The van der Waals surface area contributed by atoms with Gasteiger partial charge in [-0.15, -0.1) is 0 Å². The molecule has 23 heavy (non-hydrogen) atoms. The number of rotatable bonds is 5. The average Bonchev–Trinajstić information content (AvgIpc) is 2.61. The highest BCUT2D eigenvalue weighted by Crippen LogP contribution is 2.27. The summed E-state index contributed by atoms with van der Waals surface area (Å²) in [6.45, 7) is 0. The Morgan fingerprint density at radius 1 is 1.26 bits per heavy atom. The molecule has 0 unspecified atom stereocenters. The first-order valence-electron chi connectivity index (χ1n) is 8.15. The molecule has 2 rings (SSSR count). The van der Waals surface area contributed by atoms with Gasteiger partial charge < -0.3 is 5.32 Å². The number of likely N-dealkylation sites (N-methyl/N-ethyl adjacent to an activating group) is 1. The van der Waals surface area contributed by atoms with Crippen molar-refractivity contribution >= 4 is 11.8 Å². The van der Waals surface area contributed by atoms with Crippen molar-refractivity contribution < 1.29 is 9.59 Å². The van der Waals surface area contributed by atoms with Gasteiger partial charge in [-0.25, -0.2) is 0 Å². The number of amides is 2. The molecule has 0 heterocycles. The fourth-order valence-electron chi connectivity index (χ4n) is 3.09. The summed E-state index contributed by atoms with van der Waals surface area (Å²) in [4.78, 5) is 25.7. The summed E-state index contributed by atoms with van der Waals surface area (Å²) in [7, 11) is 1.44. The first-order chi connectivity index (χ1) is 11.1. The lowest BCUT2D eigenvalue weighted by molar-refractivity contribution is -0.129.